The summed E-state index contributed by atoms with van der Waals surface area (Å²) in [5.74, 6) is 0.868. The third kappa shape index (κ3) is 11.9. The molecule has 0 aromatic heterocycles. The van der Waals surface area contributed by atoms with Gasteiger partial charge in [-0.05, 0) is 112 Å². The average molecular weight is 585 g/mol. The lowest BCUT2D eigenvalue weighted by Gasteiger charge is -2.22. The summed E-state index contributed by atoms with van der Waals surface area (Å²) in [5, 5.41) is 22.0. The van der Waals surface area contributed by atoms with Crippen LogP contribution in [0.5, 0.6) is 0 Å². The van der Waals surface area contributed by atoms with E-state index >= 15 is 0 Å². The topological polar surface area (TPSA) is 64.8 Å². The van der Waals surface area contributed by atoms with E-state index < -0.39 is 0 Å². The smallest absolute Gasteiger partial charge is 0.181 e. The number of nitrogens with one attached hydrogen (secondary N) is 1. The fourth-order valence-corrected chi connectivity index (χ4v) is 4.77. The lowest BCUT2D eigenvalue weighted by atomic mass is 9.90. The van der Waals surface area contributed by atoms with E-state index in [0.717, 1.165) is 24.1 Å². The Labute approximate surface area is 262 Å². The van der Waals surface area contributed by atoms with Gasteiger partial charge in [0, 0.05) is 5.69 Å². The molecule has 0 heterocycles. The van der Waals surface area contributed by atoms with Crippen LogP contribution in [0.25, 0.3) is 22.3 Å². The van der Waals surface area contributed by atoms with Gasteiger partial charge in [0.1, 0.15) is 0 Å². The number of nitrogens with zero attached hydrogens (tertiary/aromatic N) is 1. The molecule has 0 aliphatic heterocycles. The minimum atomic E-state index is -0.102. The SMILES string of the molecule is C=C(O)Nc1cc(C)c(-c2ccc(-c3ccc(C)cc3)cc2)c(C)c1C.C=NC(C)/C=C\C.CC[C@@H](C)C(O)[C@H](C)CC. The van der Waals surface area contributed by atoms with E-state index in [1.165, 1.54) is 38.9 Å². The average Bonchev–Trinajstić information content (AvgIpc) is 2.99. The number of aliphatic hydroxyl groups is 2. The summed E-state index contributed by atoms with van der Waals surface area (Å²) in [6, 6.07) is 19.7. The zero-order valence-corrected chi connectivity index (χ0v) is 28.3. The van der Waals surface area contributed by atoms with E-state index in [2.05, 4.69) is 134 Å². The Bertz CT molecular complexity index is 1300. The van der Waals surface area contributed by atoms with Crippen molar-refractivity contribution in [3.05, 3.63) is 101 Å². The molecule has 4 nitrogen and oxygen atoms in total. The maximum atomic E-state index is 9.59. The van der Waals surface area contributed by atoms with Gasteiger partial charge in [0.05, 0.1) is 12.1 Å². The molecule has 0 amide bonds. The molecule has 0 aliphatic rings. The number of aliphatic hydroxyl groups excluding tert-OH is 2. The maximum absolute atomic E-state index is 9.59. The second-order valence-corrected chi connectivity index (χ2v) is 11.6. The van der Waals surface area contributed by atoms with Crippen LogP contribution in [-0.2, 0) is 0 Å². The molecule has 3 atom stereocenters. The van der Waals surface area contributed by atoms with Gasteiger partial charge in [0.25, 0.3) is 0 Å². The van der Waals surface area contributed by atoms with Crippen molar-refractivity contribution in [3.8, 4) is 22.3 Å². The van der Waals surface area contributed by atoms with E-state index in [9.17, 15) is 10.2 Å². The van der Waals surface area contributed by atoms with Crippen molar-refractivity contribution in [1.29, 1.82) is 0 Å². The van der Waals surface area contributed by atoms with E-state index in [1.54, 1.807) is 0 Å². The number of hydrogen-bond donors (Lipinski definition) is 3. The monoisotopic (exact) mass is 584 g/mol. The fraction of sp³-hybridized carbons (Fsp3) is 0.410. The fourth-order valence-electron chi connectivity index (χ4n) is 4.77. The number of hydrogen-bond acceptors (Lipinski definition) is 4. The molecular weight excluding hydrogens is 528 g/mol. The number of aliphatic imine (C=N–C) groups is 1. The molecule has 3 aromatic carbocycles. The number of anilines is 1. The van der Waals surface area contributed by atoms with Crippen LogP contribution in [0, 0.1) is 39.5 Å². The van der Waals surface area contributed by atoms with Gasteiger partial charge in [-0.25, -0.2) is 0 Å². The number of aryl methyl sites for hydroxylation is 2. The first kappa shape index (κ1) is 37.4. The Kier molecular flexibility index (Phi) is 16.4. The molecule has 234 valence electrons. The molecule has 0 saturated carbocycles. The third-order valence-corrected chi connectivity index (χ3v) is 8.15. The Morgan fingerprint density at radius 2 is 1.30 bits per heavy atom. The molecular formula is C39H56N2O2. The van der Waals surface area contributed by atoms with Gasteiger partial charge in [-0.15, -0.1) is 0 Å². The van der Waals surface area contributed by atoms with Gasteiger partial charge in [0.15, 0.2) is 5.88 Å². The van der Waals surface area contributed by atoms with Crippen molar-refractivity contribution in [1.82, 2.24) is 0 Å². The van der Waals surface area contributed by atoms with E-state index in [0.29, 0.717) is 11.8 Å². The predicted octanol–water partition coefficient (Wildman–Crippen LogP) is 10.8. The third-order valence-electron chi connectivity index (χ3n) is 8.15. The lowest BCUT2D eigenvalue weighted by molar-refractivity contribution is 0.0616. The first-order valence-electron chi connectivity index (χ1n) is 15.5. The summed E-state index contributed by atoms with van der Waals surface area (Å²) < 4.78 is 0. The number of allylic oxidation sites excluding steroid dienone is 1. The van der Waals surface area contributed by atoms with Gasteiger partial charge in [-0.3, -0.25) is 4.99 Å². The van der Waals surface area contributed by atoms with Crippen molar-refractivity contribution in [2.24, 2.45) is 16.8 Å². The minimum Gasteiger partial charge on any atom is -0.495 e. The van der Waals surface area contributed by atoms with Gasteiger partial charge in [0.2, 0.25) is 0 Å². The van der Waals surface area contributed by atoms with Gasteiger partial charge < -0.3 is 15.5 Å². The zero-order chi connectivity index (χ0) is 32.7. The van der Waals surface area contributed by atoms with Crippen LogP contribution in [0.15, 0.2) is 84.2 Å². The highest BCUT2D eigenvalue weighted by Gasteiger charge is 2.17. The molecule has 0 saturated heterocycles. The van der Waals surface area contributed by atoms with Crippen LogP contribution in [-0.4, -0.2) is 29.1 Å². The normalized spacial score (nSPS) is 12.8. The summed E-state index contributed by atoms with van der Waals surface area (Å²) >= 11 is 0. The van der Waals surface area contributed by atoms with Crippen molar-refractivity contribution in [3.63, 3.8) is 0 Å². The Morgan fingerprint density at radius 1 is 0.837 bits per heavy atom. The van der Waals surface area contributed by atoms with Crippen LogP contribution in [0.2, 0.25) is 0 Å². The minimum absolute atomic E-state index is 0.0397. The lowest BCUT2D eigenvalue weighted by Crippen LogP contribution is -2.24. The van der Waals surface area contributed by atoms with E-state index in [-0.39, 0.29) is 18.0 Å². The standard InChI is InChI=1S/C24H25NO.C9H20O.C6H11N/c1-15-6-8-20(9-7-15)21-10-12-22(13-11-21)24-16(2)14-23(25-19(5)26)17(3)18(24)4;1-5-7(3)9(10)8(4)6-2;1-4-5-6(2)7-3/h6-14,25-26H,5H2,1-4H3;7-10H,5-6H2,1-4H3;4-6H,3H2,1-2H3/b;;5-4-/t;7-,8-;/m.1./s1. The summed E-state index contributed by atoms with van der Waals surface area (Å²) in [4.78, 5) is 3.74. The molecule has 3 aromatic rings. The molecule has 0 aliphatic carbocycles. The first-order valence-corrected chi connectivity index (χ1v) is 15.5. The number of rotatable bonds is 10. The second kappa shape index (κ2) is 18.8. The molecule has 0 bridgehead atoms. The first-order chi connectivity index (χ1) is 20.3. The van der Waals surface area contributed by atoms with Crippen molar-refractivity contribution < 1.29 is 10.2 Å². The molecule has 43 heavy (non-hydrogen) atoms. The Balaban J connectivity index is 0.000000449. The van der Waals surface area contributed by atoms with Gasteiger partial charge >= 0.3 is 0 Å². The van der Waals surface area contributed by atoms with Crippen LogP contribution >= 0.6 is 0 Å². The molecule has 3 N–H and O–H groups in total. The second-order valence-electron chi connectivity index (χ2n) is 11.6. The highest BCUT2D eigenvalue weighted by atomic mass is 16.3. The molecule has 0 spiro atoms. The predicted molar refractivity (Wildman–Crippen MR) is 190 cm³/mol. The zero-order valence-electron chi connectivity index (χ0n) is 28.3. The summed E-state index contributed by atoms with van der Waals surface area (Å²) in [6.45, 7) is 27.7. The van der Waals surface area contributed by atoms with E-state index in [4.69, 9.17) is 0 Å². The van der Waals surface area contributed by atoms with Crippen LogP contribution < -0.4 is 5.32 Å². The Morgan fingerprint density at radius 3 is 1.70 bits per heavy atom. The molecule has 3 rings (SSSR count). The van der Waals surface area contributed by atoms with E-state index in [1.807, 2.05) is 26.0 Å². The molecule has 0 radical (unpaired) electrons. The van der Waals surface area contributed by atoms with Crippen LogP contribution in [0.1, 0.15) is 76.6 Å². The van der Waals surface area contributed by atoms with Crippen molar-refractivity contribution >= 4 is 12.4 Å². The number of benzene rings is 3. The van der Waals surface area contributed by atoms with Crippen LogP contribution in [0.4, 0.5) is 5.69 Å². The maximum Gasteiger partial charge on any atom is 0.181 e. The summed E-state index contributed by atoms with van der Waals surface area (Å²) in [6.07, 6.45) is 6.01. The molecule has 1 unspecified atom stereocenters. The molecule has 0 fully saturated rings. The van der Waals surface area contributed by atoms with Crippen LogP contribution in [0.3, 0.4) is 0 Å². The Hall–Kier alpha value is -3.63. The summed E-state index contributed by atoms with van der Waals surface area (Å²) in [5.41, 5.74) is 10.5. The van der Waals surface area contributed by atoms with Gasteiger partial charge in [-0.1, -0.05) is 107 Å². The van der Waals surface area contributed by atoms with Crippen molar-refractivity contribution in [2.75, 3.05) is 5.32 Å². The largest absolute Gasteiger partial charge is 0.495 e. The summed E-state index contributed by atoms with van der Waals surface area (Å²) in [7, 11) is 0. The molecule has 4 heteroatoms. The highest BCUT2D eigenvalue weighted by Crippen LogP contribution is 2.35. The van der Waals surface area contributed by atoms with Gasteiger partial charge in [-0.2, -0.15) is 0 Å². The quantitative estimate of drug-likeness (QED) is 0.126. The highest BCUT2D eigenvalue weighted by molar-refractivity contribution is 5.78. The van der Waals surface area contributed by atoms with Crippen molar-refractivity contribution in [2.45, 2.75) is 94.2 Å².